The highest BCUT2D eigenvalue weighted by atomic mass is 32.2. The second-order valence-corrected chi connectivity index (χ2v) is 7.58. The summed E-state index contributed by atoms with van der Waals surface area (Å²) in [5.74, 6) is -1.58. The minimum absolute atomic E-state index is 0.144. The quantitative estimate of drug-likeness (QED) is 0.459. The predicted molar refractivity (Wildman–Crippen MR) is 111 cm³/mol. The molecule has 4 nitrogen and oxygen atoms in total. The molecule has 2 aromatic carbocycles. The van der Waals surface area contributed by atoms with Crippen LogP contribution >= 0.6 is 24.0 Å². The van der Waals surface area contributed by atoms with Gasteiger partial charge in [-0.3, -0.25) is 0 Å². The summed E-state index contributed by atoms with van der Waals surface area (Å²) < 4.78 is 30.2. The summed E-state index contributed by atoms with van der Waals surface area (Å²) in [7, 11) is 5.82. The van der Waals surface area contributed by atoms with Crippen LogP contribution < -0.4 is 20.3 Å². The number of alkyl halides is 2. The third-order valence-corrected chi connectivity index (χ3v) is 4.98. The minimum Gasteiger partial charge on any atom is -0.496 e. The van der Waals surface area contributed by atoms with E-state index >= 15 is 0 Å². The zero-order valence-electron chi connectivity index (χ0n) is 15.5. The van der Waals surface area contributed by atoms with E-state index in [1.54, 1.807) is 31.4 Å². The fourth-order valence-electron chi connectivity index (χ4n) is 2.67. The Bertz CT molecular complexity index is 742. The van der Waals surface area contributed by atoms with Gasteiger partial charge in [0, 0.05) is 10.6 Å². The van der Waals surface area contributed by atoms with E-state index in [2.05, 4.69) is 24.7 Å². The minimum atomic E-state index is -2.42. The number of quaternary nitrogens is 1. The average Bonchev–Trinajstić information content (AvgIpc) is 2.63. The second kappa shape index (κ2) is 10.4. The highest BCUT2D eigenvalue weighted by Gasteiger charge is 2.21. The number of hydrogen-bond donors (Lipinski definition) is 3. The Morgan fingerprint density at radius 2 is 1.81 bits per heavy atom. The van der Waals surface area contributed by atoms with Crippen LogP contribution in [0, 0.1) is 0 Å². The number of likely N-dealkylation sites (N-methyl/N-ethyl adjacent to an activating group) is 1. The molecule has 146 valence electrons. The van der Waals surface area contributed by atoms with Crippen LogP contribution in [0.1, 0.15) is 11.6 Å². The molecule has 0 aliphatic heterocycles. The van der Waals surface area contributed by atoms with Gasteiger partial charge in [-0.2, -0.15) is 8.78 Å². The SMILES string of the molecule is COc1ccccc1[C@@H](CNC(=S)Nc1ccc(SC(F)F)cc1)[NH+](C)C. The molecule has 0 aliphatic carbocycles. The van der Waals surface area contributed by atoms with Crippen molar-refractivity contribution in [2.45, 2.75) is 16.7 Å². The zero-order valence-corrected chi connectivity index (χ0v) is 17.1. The fourth-order valence-corrected chi connectivity index (χ4v) is 3.37. The first kappa shape index (κ1) is 21.4. The Labute approximate surface area is 168 Å². The monoisotopic (exact) mass is 412 g/mol. The first-order chi connectivity index (χ1) is 12.9. The normalized spacial score (nSPS) is 12.1. The lowest BCUT2D eigenvalue weighted by atomic mass is 10.0. The highest BCUT2D eigenvalue weighted by Crippen LogP contribution is 2.26. The molecule has 0 amide bonds. The van der Waals surface area contributed by atoms with Crippen molar-refractivity contribution in [3.05, 3.63) is 54.1 Å². The Kier molecular flexibility index (Phi) is 8.27. The Balaban J connectivity index is 1.96. The second-order valence-electron chi connectivity index (χ2n) is 6.11. The van der Waals surface area contributed by atoms with Crippen molar-refractivity contribution in [1.82, 2.24) is 5.32 Å². The molecule has 27 heavy (non-hydrogen) atoms. The molecule has 8 heteroatoms. The molecule has 0 fully saturated rings. The van der Waals surface area contributed by atoms with Crippen LogP contribution in [-0.4, -0.2) is 38.6 Å². The van der Waals surface area contributed by atoms with Gasteiger partial charge in [0.15, 0.2) is 5.11 Å². The van der Waals surface area contributed by atoms with Crippen molar-refractivity contribution in [3.63, 3.8) is 0 Å². The number of hydrogen-bond acceptors (Lipinski definition) is 3. The molecule has 3 N–H and O–H groups in total. The van der Waals surface area contributed by atoms with Gasteiger partial charge >= 0.3 is 0 Å². The van der Waals surface area contributed by atoms with Crippen LogP contribution in [0.3, 0.4) is 0 Å². The molecule has 0 spiro atoms. The number of thiocarbonyl (C=S) groups is 1. The summed E-state index contributed by atoms with van der Waals surface area (Å²) in [5, 5.41) is 6.79. The third kappa shape index (κ3) is 6.64. The van der Waals surface area contributed by atoms with Gasteiger partial charge < -0.3 is 20.3 Å². The Morgan fingerprint density at radius 1 is 1.15 bits per heavy atom. The predicted octanol–water partition coefficient (Wildman–Crippen LogP) is 3.18. The summed E-state index contributed by atoms with van der Waals surface area (Å²) in [5.41, 5.74) is 1.85. The smallest absolute Gasteiger partial charge is 0.288 e. The lowest BCUT2D eigenvalue weighted by Gasteiger charge is -2.24. The molecule has 0 aromatic heterocycles. The van der Waals surface area contributed by atoms with Gasteiger partial charge in [0.1, 0.15) is 11.8 Å². The van der Waals surface area contributed by atoms with Gasteiger partial charge in [-0.05, 0) is 48.6 Å². The summed E-state index contributed by atoms with van der Waals surface area (Å²) in [6.07, 6.45) is 0. The van der Waals surface area contributed by atoms with E-state index in [1.165, 1.54) is 4.90 Å². The number of benzene rings is 2. The molecule has 0 saturated heterocycles. The van der Waals surface area contributed by atoms with Crippen molar-refractivity contribution in [3.8, 4) is 5.75 Å². The summed E-state index contributed by atoms with van der Waals surface area (Å²) in [4.78, 5) is 1.75. The van der Waals surface area contributed by atoms with Gasteiger partial charge in [0.2, 0.25) is 0 Å². The van der Waals surface area contributed by atoms with Gasteiger partial charge in [0.05, 0.1) is 33.3 Å². The molecular formula is C19H24F2N3OS2+. The number of ether oxygens (including phenoxy) is 1. The molecule has 1 atom stereocenters. The van der Waals surface area contributed by atoms with E-state index < -0.39 is 5.76 Å². The first-order valence-corrected chi connectivity index (χ1v) is 9.72. The number of methoxy groups -OCH3 is 1. The maximum atomic E-state index is 12.4. The van der Waals surface area contributed by atoms with Gasteiger partial charge in [-0.1, -0.05) is 23.9 Å². The summed E-state index contributed by atoms with van der Waals surface area (Å²) >= 11 is 5.89. The summed E-state index contributed by atoms with van der Waals surface area (Å²) in [6.45, 7) is 0.619. The number of para-hydroxylation sites is 1. The largest absolute Gasteiger partial charge is 0.496 e. The van der Waals surface area contributed by atoms with Crippen molar-refractivity contribution >= 4 is 34.8 Å². The summed E-state index contributed by atoms with van der Waals surface area (Å²) in [6, 6.07) is 14.8. The Hall–Kier alpha value is -1.90. The molecule has 0 bridgehead atoms. The maximum absolute atomic E-state index is 12.4. The standard InChI is InChI=1S/C19H23F2N3OS2/c1-24(2)16(15-6-4-5-7-17(15)25-3)12-22-19(26)23-13-8-10-14(11-9-13)27-18(20)21/h4-11,16,18H,12H2,1-3H3,(H2,22,23,26)/p+1/t16-/m1/s1. The number of anilines is 1. The Morgan fingerprint density at radius 3 is 2.41 bits per heavy atom. The zero-order chi connectivity index (χ0) is 19.8. The third-order valence-electron chi connectivity index (χ3n) is 4.02. The van der Waals surface area contributed by atoms with E-state index in [9.17, 15) is 8.78 Å². The molecule has 0 radical (unpaired) electrons. The average molecular weight is 413 g/mol. The highest BCUT2D eigenvalue weighted by molar-refractivity contribution is 7.99. The molecular weight excluding hydrogens is 388 g/mol. The van der Waals surface area contributed by atoms with E-state index in [0.29, 0.717) is 28.3 Å². The number of rotatable bonds is 8. The van der Waals surface area contributed by atoms with Crippen LogP contribution in [0.15, 0.2) is 53.4 Å². The van der Waals surface area contributed by atoms with Crippen LogP contribution in [0.25, 0.3) is 0 Å². The van der Waals surface area contributed by atoms with Crippen LogP contribution in [0.5, 0.6) is 5.75 Å². The topological polar surface area (TPSA) is 37.7 Å². The molecule has 0 heterocycles. The number of halogens is 2. The maximum Gasteiger partial charge on any atom is 0.288 e. The van der Waals surface area contributed by atoms with E-state index in [-0.39, 0.29) is 6.04 Å². The number of nitrogens with one attached hydrogen (secondary N) is 3. The van der Waals surface area contributed by atoms with Gasteiger partial charge in [-0.25, -0.2) is 0 Å². The molecule has 2 aromatic rings. The fraction of sp³-hybridized carbons (Fsp3) is 0.316. The van der Waals surface area contributed by atoms with Crippen molar-refractivity contribution in [1.29, 1.82) is 0 Å². The van der Waals surface area contributed by atoms with Crippen LogP contribution in [-0.2, 0) is 0 Å². The van der Waals surface area contributed by atoms with E-state index in [1.807, 2.05) is 24.3 Å². The molecule has 0 aliphatic rings. The van der Waals surface area contributed by atoms with Crippen molar-refractivity contribution in [2.24, 2.45) is 0 Å². The lowest BCUT2D eigenvalue weighted by molar-refractivity contribution is -0.890. The van der Waals surface area contributed by atoms with E-state index in [4.69, 9.17) is 17.0 Å². The van der Waals surface area contributed by atoms with Crippen molar-refractivity contribution < 1.29 is 18.4 Å². The number of thioether (sulfide) groups is 1. The van der Waals surface area contributed by atoms with Crippen molar-refractivity contribution in [2.75, 3.05) is 33.1 Å². The molecule has 2 rings (SSSR count). The molecule has 0 unspecified atom stereocenters. The van der Waals surface area contributed by atoms with Gasteiger partial charge in [0.25, 0.3) is 5.76 Å². The van der Waals surface area contributed by atoms with E-state index in [0.717, 1.165) is 17.0 Å². The first-order valence-electron chi connectivity index (χ1n) is 8.43. The van der Waals surface area contributed by atoms with Crippen LogP contribution in [0.4, 0.5) is 14.5 Å². The lowest BCUT2D eigenvalue weighted by Crippen LogP contribution is -3.07. The van der Waals surface area contributed by atoms with Gasteiger partial charge in [-0.15, -0.1) is 0 Å². The van der Waals surface area contributed by atoms with Crippen LogP contribution in [0.2, 0.25) is 0 Å². The molecule has 0 saturated carbocycles.